The standard InChI is InChI=1S/C32H45NO2/c1-9-32-14-12-27(2,3)18-21(32)25-22(34)16-24-29(6)17-20(19-33)26(35)28(4,5)23(29)10-11-30(24,7)31(25,8)13-15-32/h9,17,21,23-25H,1,10-16,18H2,2-8H3/t21?,23?,24?,25?,29?,30?,31-,32?/m1/s1. The van der Waals surface area contributed by atoms with Crippen molar-refractivity contribution in [1.82, 2.24) is 0 Å². The summed E-state index contributed by atoms with van der Waals surface area (Å²) < 4.78 is 0. The van der Waals surface area contributed by atoms with Crippen LogP contribution in [0.1, 0.15) is 99.8 Å². The van der Waals surface area contributed by atoms with E-state index in [0.717, 1.165) is 38.5 Å². The Hall–Kier alpha value is -1.69. The Morgan fingerprint density at radius 1 is 0.943 bits per heavy atom. The van der Waals surface area contributed by atoms with Crippen molar-refractivity contribution >= 4 is 11.6 Å². The molecule has 5 aliphatic carbocycles. The molecule has 0 heterocycles. The lowest BCUT2D eigenvalue weighted by Crippen LogP contribution is -2.68. The van der Waals surface area contributed by atoms with Crippen LogP contribution in [0.5, 0.6) is 0 Å². The van der Waals surface area contributed by atoms with Crippen molar-refractivity contribution in [1.29, 1.82) is 5.26 Å². The highest BCUT2D eigenvalue weighted by molar-refractivity contribution is 6.04. The van der Waals surface area contributed by atoms with Gasteiger partial charge in [0.1, 0.15) is 11.9 Å². The van der Waals surface area contributed by atoms with Crippen LogP contribution in [0, 0.1) is 67.5 Å². The lowest BCUT2D eigenvalue weighted by atomic mass is 9.31. The van der Waals surface area contributed by atoms with Crippen molar-refractivity contribution in [3.05, 3.63) is 24.3 Å². The molecule has 4 saturated carbocycles. The molecule has 0 bridgehead atoms. The molecule has 0 spiro atoms. The van der Waals surface area contributed by atoms with Gasteiger partial charge in [-0.25, -0.2) is 0 Å². The first-order chi connectivity index (χ1) is 16.1. The highest BCUT2D eigenvalue weighted by Gasteiger charge is 2.71. The maximum Gasteiger partial charge on any atom is 0.178 e. The van der Waals surface area contributed by atoms with Gasteiger partial charge in [0.05, 0.1) is 5.57 Å². The number of nitriles is 1. The van der Waals surface area contributed by atoms with Gasteiger partial charge in [-0.2, -0.15) is 5.26 Å². The highest BCUT2D eigenvalue weighted by Crippen LogP contribution is 2.75. The second-order valence-electron chi connectivity index (χ2n) is 15.1. The summed E-state index contributed by atoms with van der Waals surface area (Å²) in [7, 11) is 0. The Morgan fingerprint density at radius 2 is 1.60 bits per heavy atom. The van der Waals surface area contributed by atoms with Crippen molar-refractivity contribution in [2.45, 2.75) is 99.8 Å². The van der Waals surface area contributed by atoms with Gasteiger partial charge < -0.3 is 0 Å². The van der Waals surface area contributed by atoms with Crippen molar-refractivity contribution in [3.8, 4) is 6.07 Å². The van der Waals surface area contributed by atoms with Crippen LogP contribution in [0.2, 0.25) is 0 Å². The summed E-state index contributed by atoms with van der Waals surface area (Å²) in [5.74, 6) is 1.18. The van der Waals surface area contributed by atoms with E-state index < -0.39 is 5.41 Å². The SMILES string of the molecule is C=CC12CCC(C)(C)CC1C1C(=O)CC3C4(C)C=C(C#N)C(=O)C(C)(C)C4CCC3(C)[C@]1(C)CC2. The Balaban J connectivity index is 1.64. The van der Waals surface area contributed by atoms with Gasteiger partial charge in [0, 0.05) is 17.8 Å². The molecule has 0 saturated heterocycles. The first-order valence-corrected chi connectivity index (χ1v) is 14.0. The predicted octanol–water partition coefficient (Wildman–Crippen LogP) is 7.47. The van der Waals surface area contributed by atoms with E-state index in [9.17, 15) is 14.9 Å². The van der Waals surface area contributed by atoms with Gasteiger partial charge in [-0.3, -0.25) is 9.59 Å². The van der Waals surface area contributed by atoms with Crippen LogP contribution in [-0.4, -0.2) is 11.6 Å². The molecule has 0 aromatic rings. The number of rotatable bonds is 1. The maximum absolute atomic E-state index is 14.4. The average Bonchev–Trinajstić information content (AvgIpc) is 2.77. The minimum Gasteiger partial charge on any atom is -0.299 e. The first kappa shape index (κ1) is 25.0. The summed E-state index contributed by atoms with van der Waals surface area (Å²) in [6.45, 7) is 20.3. The van der Waals surface area contributed by atoms with Crippen LogP contribution in [0.3, 0.4) is 0 Å². The van der Waals surface area contributed by atoms with Crippen molar-refractivity contribution < 1.29 is 9.59 Å². The van der Waals surface area contributed by atoms with Gasteiger partial charge in [0.25, 0.3) is 0 Å². The molecule has 0 aromatic heterocycles. The summed E-state index contributed by atoms with van der Waals surface area (Å²) in [5.41, 5.74) is -0.313. The number of nitrogens with zero attached hydrogens (tertiary/aromatic N) is 1. The smallest absolute Gasteiger partial charge is 0.178 e. The van der Waals surface area contributed by atoms with Crippen LogP contribution >= 0.6 is 0 Å². The van der Waals surface area contributed by atoms with Gasteiger partial charge >= 0.3 is 0 Å². The third-order valence-corrected chi connectivity index (χ3v) is 12.9. The van der Waals surface area contributed by atoms with Gasteiger partial charge in [0.15, 0.2) is 5.78 Å². The fourth-order valence-electron chi connectivity index (χ4n) is 10.7. The average molecular weight is 476 g/mol. The number of Topliss-reactive ketones (excluding diaryl/α,β-unsaturated/α-hetero) is 2. The van der Waals surface area contributed by atoms with E-state index in [1.807, 2.05) is 19.9 Å². The third-order valence-electron chi connectivity index (χ3n) is 12.9. The summed E-state index contributed by atoms with van der Waals surface area (Å²) in [4.78, 5) is 27.6. The number of ketones is 2. The Bertz CT molecular complexity index is 1070. The number of carbonyl (C=O) groups excluding carboxylic acids is 2. The molecular formula is C32H45NO2. The molecule has 3 heteroatoms. The molecule has 0 aromatic carbocycles. The molecule has 5 rings (SSSR count). The molecule has 4 fully saturated rings. The van der Waals surface area contributed by atoms with Crippen LogP contribution < -0.4 is 0 Å². The fourth-order valence-corrected chi connectivity index (χ4v) is 10.7. The molecule has 7 unspecified atom stereocenters. The number of allylic oxidation sites excluding steroid dienone is 3. The zero-order valence-corrected chi connectivity index (χ0v) is 23.1. The monoisotopic (exact) mass is 475 g/mol. The molecular weight excluding hydrogens is 430 g/mol. The molecule has 0 radical (unpaired) electrons. The summed E-state index contributed by atoms with van der Waals surface area (Å²) in [6.07, 6.45) is 12.5. The minimum absolute atomic E-state index is 0.000714. The summed E-state index contributed by atoms with van der Waals surface area (Å²) >= 11 is 0. The van der Waals surface area contributed by atoms with E-state index in [2.05, 4.69) is 53.3 Å². The molecule has 190 valence electrons. The van der Waals surface area contributed by atoms with Gasteiger partial charge in [0.2, 0.25) is 0 Å². The Labute approximate surface area is 212 Å². The van der Waals surface area contributed by atoms with E-state index in [1.54, 1.807) is 0 Å². The molecule has 5 aliphatic rings. The van der Waals surface area contributed by atoms with E-state index in [-0.39, 0.29) is 50.6 Å². The Morgan fingerprint density at radius 3 is 2.23 bits per heavy atom. The topological polar surface area (TPSA) is 57.9 Å². The zero-order chi connectivity index (χ0) is 25.8. The lowest BCUT2D eigenvalue weighted by Gasteiger charge is -2.71. The molecule has 3 nitrogen and oxygen atoms in total. The van der Waals surface area contributed by atoms with Crippen LogP contribution in [0.15, 0.2) is 24.3 Å². The van der Waals surface area contributed by atoms with Gasteiger partial charge in [-0.1, -0.05) is 60.6 Å². The van der Waals surface area contributed by atoms with E-state index in [0.29, 0.717) is 23.7 Å². The van der Waals surface area contributed by atoms with E-state index in [1.165, 1.54) is 6.42 Å². The van der Waals surface area contributed by atoms with Crippen LogP contribution in [-0.2, 0) is 9.59 Å². The van der Waals surface area contributed by atoms with Crippen molar-refractivity contribution in [2.24, 2.45) is 56.2 Å². The second kappa shape index (κ2) is 7.20. The number of hydrogen-bond acceptors (Lipinski definition) is 3. The normalized spacial score (nSPS) is 49.9. The molecule has 35 heavy (non-hydrogen) atoms. The number of hydrogen-bond donors (Lipinski definition) is 0. The zero-order valence-electron chi connectivity index (χ0n) is 23.1. The van der Waals surface area contributed by atoms with Gasteiger partial charge in [-0.05, 0) is 89.8 Å². The minimum atomic E-state index is -0.575. The maximum atomic E-state index is 14.4. The molecule has 0 aliphatic heterocycles. The highest BCUT2D eigenvalue weighted by atomic mass is 16.1. The lowest BCUT2D eigenvalue weighted by molar-refractivity contribution is -0.217. The predicted molar refractivity (Wildman–Crippen MR) is 139 cm³/mol. The van der Waals surface area contributed by atoms with Gasteiger partial charge in [-0.15, -0.1) is 6.58 Å². The second-order valence-corrected chi connectivity index (χ2v) is 15.1. The van der Waals surface area contributed by atoms with E-state index >= 15 is 0 Å². The molecule has 0 amide bonds. The van der Waals surface area contributed by atoms with Crippen molar-refractivity contribution in [2.75, 3.05) is 0 Å². The Kier molecular flexibility index (Phi) is 5.14. The number of carbonyl (C=O) groups is 2. The third kappa shape index (κ3) is 2.95. The largest absolute Gasteiger partial charge is 0.299 e. The van der Waals surface area contributed by atoms with Crippen LogP contribution in [0.4, 0.5) is 0 Å². The first-order valence-electron chi connectivity index (χ1n) is 14.0. The molecule has 8 atom stereocenters. The summed E-state index contributed by atoms with van der Waals surface area (Å²) in [5, 5.41) is 9.87. The van der Waals surface area contributed by atoms with E-state index in [4.69, 9.17) is 0 Å². The summed E-state index contributed by atoms with van der Waals surface area (Å²) in [6, 6.07) is 2.23. The quantitative estimate of drug-likeness (QED) is 0.370. The van der Waals surface area contributed by atoms with Crippen molar-refractivity contribution in [3.63, 3.8) is 0 Å². The fraction of sp³-hybridized carbons (Fsp3) is 0.781. The number of fused-ring (bicyclic) bond motifs is 7. The van der Waals surface area contributed by atoms with Crippen LogP contribution in [0.25, 0.3) is 0 Å². The molecule has 0 N–H and O–H groups in total.